The van der Waals surface area contributed by atoms with Crippen LogP contribution in [0.25, 0.3) is 0 Å². The number of amides is 1. The van der Waals surface area contributed by atoms with Crippen molar-refractivity contribution in [3.05, 3.63) is 23.8 Å². The monoisotopic (exact) mass is 288 g/mol. The van der Waals surface area contributed by atoms with Crippen molar-refractivity contribution in [2.75, 3.05) is 19.4 Å². The smallest absolute Gasteiger partial charge is 0.251 e. The van der Waals surface area contributed by atoms with Crippen LogP contribution >= 0.6 is 0 Å². The SMILES string of the molecule is COc1ccc(C(=O)NCCCS(N)(=O)=O)cc1O. The number of ether oxygens (including phenoxy) is 1. The predicted molar refractivity (Wildman–Crippen MR) is 69.6 cm³/mol. The molecule has 19 heavy (non-hydrogen) atoms. The van der Waals surface area contributed by atoms with Crippen molar-refractivity contribution in [1.29, 1.82) is 0 Å². The van der Waals surface area contributed by atoms with E-state index in [1.54, 1.807) is 0 Å². The molecule has 0 saturated carbocycles. The lowest BCUT2D eigenvalue weighted by molar-refractivity contribution is 0.0953. The number of rotatable bonds is 6. The molecule has 1 rings (SSSR count). The molecule has 0 atom stereocenters. The Kier molecular flexibility index (Phi) is 5.13. The molecule has 0 saturated heterocycles. The second-order valence-corrected chi connectivity index (χ2v) is 5.60. The largest absolute Gasteiger partial charge is 0.504 e. The first-order chi connectivity index (χ1) is 8.83. The normalized spacial score (nSPS) is 11.1. The fourth-order valence-corrected chi connectivity index (χ4v) is 1.96. The summed E-state index contributed by atoms with van der Waals surface area (Å²) in [7, 11) is -2.11. The number of phenols is 1. The number of primary sulfonamides is 1. The Morgan fingerprint density at radius 1 is 1.47 bits per heavy atom. The first-order valence-electron chi connectivity index (χ1n) is 5.49. The lowest BCUT2D eigenvalue weighted by Crippen LogP contribution is -2.27. The minimum absolute atomic E-state index is 0.139. The molecule has 8 heteroatoms. The van der Waals surface area contributed by atoms with Gasteiger partial charge in [0.05, 0.1) is 12.9 Å². The highest BCUT2D eigenvalue weighted by atomic mass is 32.2. The van der Waals surface area contributed by atoms with Crippen molar-refractivity contribution < 1.29 is 23.1 Å². The summed E-state index contributed by atoms with van der Waals surface area (Å²) in [5.41, 5.74) is 0.258. The quantitative estimate of drug-likeness (QED) is 0.627. The zero-order chi connectivity index (χ0) is 14.5. The fourth-order valence-electron chi connectivity index (χ4n) is 1.41. The highest BCUT2D eigenvalue weighted by Crippen LogP contribution is 2.25. The summed E-state index contributed by atoms with van der Waals surface area (Å²) in [5.74, 6) is -0.473. The average Bonchev–Trinajstić information content (AvgIpc) is 2.33. The van der Waals surface area contributed by atoms with Crippen LogP contribution in [-0.2, 0) is 10.0 Å². The molecule has 0 radical (unpaired) electrons. The Morgan fingerprint density at radius 3 is 2.68 bits per heavy atom. The minimum Gasteiger partial charge on any atom is -0.504 e. The van der Waals surface area contributed by atoms with Gasteiger partial charge in [-0.15, -0.1) is 0 Å². The first kappa shape index (κ1) is 15.3. The van der Waals surface area contributed by atoms with Gasteiger partial charge in [-0.05, 0) is 24.6 Å². The van der Waals surface area contributed by atoms with E-state index in [1.807, 2.05) is 0 Å². The molecule has 0 aliphatic rings. The summed E-state index contributed by atoms with van der Waals surface area (Å²) in [6.45, 7) is 0.183. The molecule has 4 N–H and O–H groups in total. The summed E-state index contributed by atoms with van der Waals surface area (Å²) in [4.78, 5) is 11.7. The maximum absolute atomic E-state index is 11.7. The number of aromatic hydroxyl groups is 1. The van der Waals surface area contributed by atoms with Crippen molar-refractivity contribution in [2.24, 2.45) is 5.14 Å². The number of nitrogens with two attached hydrogens (primary N) is 1. The van der Waals surface area contributed by atoms with Gasteiger partial charge in [0.2, 0.25) is 10.0 Å². The van der Waals surface area contributed by atoms with E-state index in [0.717, 1.165) is 0 Å². The van der Waals surface area contributed by atoms with Crippen LogP contribution in [0.3, 0.4) is 0 Å². The van der Waals surface area contributed by atoms with Crippen LogP contribution in [0.5, 0.6) is 11.5 Å². The topological polar surface area (TPSA) is 119 Å². The molecule has 0 heterocycles. The molecular weight excluding hydrogens is 272 g/mol. The maximum Gasteiger partial charge on any atom is 0.251 e. The molecule has 0 aliphatic carbocycles. The Morgan fingerprint density at radius 2 is 2.16 bits per heavy atom. The number of phenolic OH excluding ortho intramolecular Hbond substituents is 1. The van der Waals surface area contributed by atoms with Gasteiger partial charge in [0.15, 0.2) is 11.5 Å². The highest BCUT2D eigenvalue weighted by molar-refractivity contribution is 7.89. The van der Waals surface area contributed by atoms with Crippen LogP contribution < -0.4 is 15.2 Å². The number of carbonyl (C=O) groups excluding carboxylic acids is 1. The minimum atomic E-state index is -3.51. The van der Waals surface area contributed by atoms with Crippen molar-refractivity contribution in [1.82, 2.24) is 5.32 Å². The number of carbonyl (C=O) groups is 1. The zero-order valence-electron chi connectivity index (χ0n) is 10.4. The number of hydrogen-bond acceptors (Lipinski definition) is 5. The third kappa shape index (κ3) is 5.14. The van der Waals surface area contributed by atoms with E-state index < -0.39 is 15.9 Å². The van der Waals surface area contributed by atoms with Gasteiger partial charge in [-0.3, -0.25) is 4.79 Å². The second kappa shape index (κ2) is 6.39. The molecular formula is C11H16N2O5S. The van der Waals surface area contributed by atoms with Crippen LogP contribution in [0, 0.1) is 0 Å². The van der Waals surface area contributed by atoms with Crippen LogP contribution in [0.15, 0.2) is 18.2 Å². The molecule has 0 aromatic heterocycles. The van der Waals surface area contributed by atoms with E-state index in [-0.39, 0.29) is 35.8 Å². The lowest BCUT2D eigenvalue weighted by atomic mass is 10.2. The van der Waals surface area contributed by atoms with Crippen LogP contribution in [0.1, 0.15) is 16.8 Å². The van der Waals surface area contributed by atoms with Crippen molar-refractivity contribution >= 4 is 15.9 Å². The van der Waals surface area contributed by atoms with Gasteiger partial charge >= 0.3 is 0 Å². The van der Waals surface area contributed by atoms with Crippen LogP contribution in [0.4, 0.5) is 0 Å². The summed E-state index contributed by atoms with van der Waals surface area (Å²) in [6.07, 6.45) is 0.229. The van der Waals surface area contributed by atoms with Crippen molar-refractivity contribution in [3.63, 3.8) is 0 Å². The predicted octanol–water partition coefficient (Wildman–Crippen LogP) is -0.191. The number of sulfonamides is 1. The van der Waals surface area contributed by atoms with Gasteiger partial charge in [-0.25, -0.2) is 13.6 Å². The summed E-state index contributed by atoms with van der Waals surface area (Å²) >= 11 is 0. The van der Waals surface area contributed by atoms with Crippen molar-refractivity contribution in [2.45, 2.75) is 6.42 Å². The molecule has 7 nitrogen and oxygen atoms in total. The standard InChI is InChI=1S/C11H16N2O5S/c1-18-10-4-3-8(7-9(10)14)11(15)13-5-2-6-19(12,16)17/h3-4,7,14H,2,5-6H2,1H3,(H,13,15)(H2,12,16,17). The molecule has 0 aliphatic heterocycles. The van der Waals surface area contributed by atoms with E-state index in [4.69, 9.17) is 9.88 Å². The molecule has 0 unspecified atom stereocenters. The number of methoxy groups -OCH3 is 1. The summed E-state index contributed by atoms with van der Waals surface area (Å²) in [6, 6.07) is 4.23. The average molecular weight is 288 g/mol. The first-order valence-corrected chi connectivity index (χ1v) is 7.20. The van der Waals surface area contributed by atoms with Crippen molar-refractivity contribution in [3.8, 4) is 11.5 Å². The molecule has 1 amide bonds. The Labute approximate surface area is 111 Å². The maximum atomic E-state index is 11.7. The third-order valence-corrected chi connectivity index (χ3v) is 3.19. The number of benzene rings is 1. The van der Waals surface area contributed by atoms with Gasteiger partial charge in [-0.2, -0.15) is 0 Å². The van der Waals surface area contributed by atoms with E-state index in [9.17, 15) is 18.3 Å². The lowest BCUT2D eigenvalue weighted by Gasteiger charge is -2.07. The molecule has 1 aromatic rings. The molecule has 0 fully saturated rings. The number of hydrogen-bond donors (Lipinski definition) is 3. The van der Waals surface area contributed by atoms with E-state index in [0.29, 0.717) is 0 Å². The van der Waals surface area contributed by atoms with E-state index in [1.165, 1.54) is 25.3 Å². The Balaban J connectivity index is 2.52. The number of nitrogens with one attached hydrogen (secondary N) is 1. The van der Waals surface area contributed by atoms with Gasteiger partial charge in [0.25, 0.3) is 5.91 Å². The zero-order valence-corrected chi connectivity index (χ0v) is 11.2. The van der Waals surface area contributed by atoms with Crippen LogP contribution in [-0.4, -0.2) is 38.8 Å². The van der Waals surface area contributed by atoms with E-state index in [2.05, 4.69) is 5.32 Å². The highest BCUT2D eigenvalue weighted by Gasteiger charge is 2.09. The van der Waals surface area contributed by atoms with Gasteiger partial charge in [-0.1, -0.05) is 0 Å². The van der Waals surface area contributed by atoms with Gasteiger partial charge < -0.3 is 15.2 Å². The fraction of sp³-hybridized carbons (Fsp3) is 0.364. The van der Waals surface area contributed by atoms with Gasteiger partial charge in [0, 0.05) is 12.1 Å². The third-order valence-electron chi connectivity index (χ3n) is 2.33. The summed E-state index contributed by atoms with van der Waals surface area (Å²) in [5, 5.41) is 16.9. The summed E-state index contributed by atoms with van der Waals surface area (Å²) < 4.78 is 26.2. The van der Waals surface area contributed by atoms with E-state index >= 15 is 0 Å². The molecule has 106 valence electrons. The molecule has 1 aromatic carbocycles. The Hall–Kier alpha value is -1.80. The second-order valence-electron chi connectivity index (χ2n) is 3.86. The Bertz CT molecular complexity index is 556. The van der Waals surface area contributed by atoms with Crippen LogP contribution in [0.2, 0.25) is 0 Å². The van der Waals surface area contributed by atoms with Gasteiger partial charge in [0.1, 0.15) is 0 Å². The molecule has 0 spiro atoms. The molecule has 0 bridgehead atoms.